The fourth-order valence-electron chi connectivity index (χ4n) is 6.15. The molecule has 6 N–H and O–H groups in total. The van der Waals surface area contributed by atoms with Crippen molar-refractivity contribution in [3.05, 3.63) is 12.2 Å². The zero-order chi connectivity index (χ0) is 34.5. The van der Waals surface area contributed by atoms with Crippen molar-refractivity contribution in [3.8, 4) is 0 Å². The van der Waals surface area contributed by atoms with Crippen LogP contribution < -0.4 is 5.32 Å². The molecule has 1 aliphatic rings. The minimum atomic E-state index is -1.56. The average molecular weight is 672 g/mol. The summed E-state index contributed by atoms with van der Waals surface area (Å²) in [5.74, 6) is -0.179. The van der Waals surface area contributed by atoms with Gasteiger partial charge in [-0.1, -0.05) is 154 Å². The van der Waals surface area contributed by atoms with Crippen LogP contribution in [-0.2, 0) is 14.3 Å². The van der Waals surface area contributed by atoms with Gasteiger partial charge >= 0.3 is 0 Å². The first-order chi connectivity index (χ1) is 22.8. The second kappa shape index (κ2) is 29.8. The van der Waals surface area contributed by atoms with Crippen molar-refractivity contribution in [2.24, 2.45) is 0 Å². The lowest BCUT2D eigenvalue weighted by Crippen LogP contribution is -2.60. The number of aliphatic hydroxyl groups is 5. The Morgan fingerprint density at radius 3 is 1.66 bits per heavy atom. The van der Waals surface area contributed by atoms with Gasteiger partial charge in [0.25, 0.3) is 0 Å². The molecule has 0 spiro atoms. The molecule has 1 amide bonds. The highest BCUT2D eigenvalue weighted by Crippen LogP contribution is 2.22. The molecule has 1 saturated heterocycles. The number of ether oxygens (including phenoxy) is 2. The van der Waals surface area contributed by atoms with E-state index < -0.39 is 49.5 Å². The van der Waals surface area contributed by atoms with Gasteiger partial charge in [-0.05, 0) is 19.3 Å². The molecule has 1 fully saturated rings. The van der Waals surface area contributed by atoms with E-state index in [9.17, 15) is 30.3 Å². The second-order valence-corrected chi connectivity index (χ2v) is 13.7. The van der Waals surface area contributed by atoms with Crippen LogP contribution in [0.2, 0.25) is 0 Å². The molecule has 47 heavy (non-hydrogen) atoms. The third kappa shape index (κ3) is 21.6. The molecule has 9 nitrogen and oxygen atoms in total. The number of aliphatic hydroxyl groups excluding tert-OH is 5. The quantitative estimate of drug-likeness (QED) is 0.0357. The van der Waals surface area contributed by atoms with Gasteiger partial charge in [0.1, 0.15) is 24.4 Å². The van der Waals surface area contributed by atoms with Crippen molar-refractivity contribution in [2.75, 3.05) is 13.2 Å². The molecule has 1 rings (SSSR count). The van der Waals surface area contributed by atoms with Crippen LogP contribution in [0.4, 0.5) is 0 Å². The normalized spacial score (nSPS) is 22.9. The van der Waals surface area contributed by atoms with Crippen molar-refractivity contribution in [2.45, 2.75) is 211 Å². The number of allylic oxidation sites excluding steroid dienone is 1. The van der Waals surface area contributed by atoms with E-state index in [4.69, 9.17) is 9.47 Å². The molecule has 9 heteroatoms. The largest absolute Gasteiger partial charge is 0.394 e. The second-order valence-electron chi connectivity index (χ2n) is 13.7. The summed E-state index contributed by atoms with van der Waals surface area (Å²) >= 11 is 0. The fraction of sp³-hybridized carbons (Fsp3) is 0.921. The van der Waals surface area contributed by atoms with E-state index >= 15 is 0 Å². The lowest BCUT2D eigenvalue weighted by Gasteiger charge is -2.40. The molecule has 0 aliphatic carbocycles. The van der Waals surface area contributed by atoms with Gasteiger partial charge in [-0.3, -0.25) is 4.79 Å². The maximum Gasteiger partial charge on any atom is 0.220 e. The lowest BCUT2D eigenvalue weighted by molar-refractivity contribution is -0.302. The number of hydrogen-bond donors (Lipinski definition) is 6. The Bertz CT molecular complexity index is 751. The summed E-state index contributed by atoms with van der Waals surface area (Å²) in [6.45, 7) is 3.73. The molecule has 1 heterocycles. The standard InChI is InChI=1S/C38H73NO8/c1-3-5-7-9-11-13-15-16-17-18-20-22-24-26-28-34(42)39-31(30-46-38-37(45)36(44)35(43)33(29-40)47-38)32(41)27-25-23-21-19-14-12-10-8-6-4-2/h25,27,31-33,35-38,40-41,43-45H,3-24,26,28-30H2,1-2H3,(H,39,42)/b27-25+/t31-,32+,33+,35+,36?,37?,38+/m0/s1. The third-order valence-corrected chi connectivity index (χ3v) is 9.36. The van der Waals surface area contributed by atoms with Crippen LogP contribution in [0.5, 0.6) is 0 Å². The highest BCUT2D eigenvalue weighted by molar-refractivity contribution is 5.76. The number of unbranched alkanes of at least 4 members (excludes halogenated alkanes) is 21. The fourth-order valence-corrected chi connectivity index (χ4v) is 6.15. The predicted octanol–water partition coefficient (Wildman–Crippen LogP) is 6.61. The van der Waals surface area contributed by atoms with E-state index in [2.05, 4.69) is 19.2 Å². The molecular formula is C38H73NO8. The molecule has 0 aromatic rings. The minimum absolute atomic E-state index is 0.179. The predicted molar refractivity (Wildman–Crippen MR) is 189 cm³/mol. The first-order valence-corrected chi connectivity index (χ1v) is 19.4. The van der Waals surface area contributed by atoms with Gasteiger partial charge in [0, 0.05) is 6.42 Å². The molecule has 0 aromatic carbocycles. The molecule has 7 atom stereocenters. The average Bonchev–Trinajstić information content (AvgIpc) is 3.07. The molecule has 0 radical (unpaired) electrons. The Morgan fingerprint density at radius 2 is 1.17 bits per heavy atom. The van der Waals surface area contributed by atoms with Crippen LogP contribution in [-0.4, -0.2) is 87.5 Å². The summed E-state index contributed by atoms with van der Waals surface area (Å²) < 4.78 is 11.1. The number of rotatable bonds is 31. The number of amides is 1. The van der Waals surface area contributed by atoms with E-state index in [0.29, 0.717) is 6.42 Å². The van der Waals surface area contributed by atoms with Gasteiger partial charge in [-0.2, -0.15) is 0 Å². The molecule has 1 aliphatic heterocycles. The van der Waals surface area contributed by atoms with Crippen LogP contribution in [0.3, 0.4) is 0 Å². The smallest absolute Gasteiger partial charge is 0.220 e. The monoisotopic (exact) mass is 672 g/mol. The maximum atomic E-state index is 12.8. The van der Waals surface area contributed by atoms with Gasteiger partial charge in [0.15, 0.2) is 6.29 Å². The zero-order valence-electron chi connectivity index (χ0n) is 30.0. The summed E-state index contributed by atoms with van der Waals surface area (Å²) in [6.07, 6.45) is 24.0. The van der Waals surface area contributed by atoms with Crippen molar-refractivity contribution in [1.29, 1.82) is 0 Å². The molecule has 2 unspecified atom stereocenters. The first-order valence-electron chi connectivity index (χ1n) is 19.4. The van der Waals surface area contributed by atoms with Gasteiger partial charge in [0.05, 0.1) is 25.4 Å². The van der Waals surface area contributed by atoms with Crippen LogP contribution in [0, 0.1) is 0 Å². The van der Waals surface area contributed by atoms with Crippen LogP contribution in [0.25, 0.3) is 0 Å². The van der Waals surface area contributed by atoms with E-state index in [0.717, 1.165) is 38.5 Å². The van der Waals surface area contributed by atoms with Crippen molar-refractivity contribution >= 4 is 5.91 Å². The van der Waals surface area contributed by atoms with Crippen LogP contribution in [0.15, 0.2) is 12.2 Å². The van der Waals surface area contributed by atoms with E-state index in [1.54, 1.807) is 6.08 Å². The Kier molecular flexibility index (Phi) is 27.9. The van der Waals surface area contributed by atoms with E-state index in [1.165, 1.54) is 109 Å². The maximum absolute atomic E-state index is 12.8. The summed E-state index contributed by atoms with van der Waals surface area (Å²) in [5, 5.41) is 53.8. The van der Waals surface area contributed by atoms with Crippen molar-refractivity contribution in [3.63, 3.8) is 0 Å². The first kappa shape index (κ1) is 44.0. The molecular weight excluding hydrogens is 598 g/mol. The molecule has 0 saturated carbocycles. The Hall–Kier alpha value is -1.07. The topological polar surface area (TPSA) is 149 Å². The van der Waals surface area contributed by atoms with Gasteiger partial charge in [0.2, 0.25) is 5.91 Å². The van der Waals surface area contributed by atoms with Crippen molar-refractivity contribution in [1.82, 2.24) is 5.32 Å². The number of nitrogens with one attached hydrogen (secondary N) is 1. The highest BCUT2D eigenvalue weighted by atomic mass is 16.7. The zero-order valence-corrected chi connectivity index (χ0v) is 30.0. The lowest BCUT2D eigenvalue weighted by atomic mass is 9.99. The Labute approximate surface area is 286 Å². The Balaban J connectivity index is 2.43. The van der Waals surface area contributed by atoms with Crippen molar-refractivity contribution < 1.29 is 39.8 Å². The van der Waals surface area contributed by atoms with Gasteiger partial charge in [-0.25, -0.2) is 0 Å². The van der Waals surface area contributed by atoms with E-state index in [1.807, 2.05) is 6.08 Å². The SMILES string of the molecule is CCCCCCCCCC/C=C/[C@@H](O)[C@H](CO[C@@H]1O[C@H](CO)[C@@H](O)C(O)C1O)NC(=O)CCCCCCCCCCCCCCCC. The van der Waals surface area contributed by atoms with Crippen LogP contribution >= 0.6 is 0 Å². The highest BCUT2D eigenvalue weighted by Gasteiger charge is 2.44. The molecule has 0 bridgehead atoms. The summed E-state index contributed by atoms with van der Waals surface area (Å²) in [5.41, 5.74) is 0. The minimum Gasteiger partial charge on any atom is -0.394 e. The number of carbonyl (C=O) groups excluding carboxylic acids is 1. The number of carbonyl (C=O) groups is 1. The molecule has 278 valence electrons. The summed E-state index contributed by atoms with van der Waals surface area (Å²) in [6, 6.07) is -0.795. The van der Waals surface area contributed by atoms with Gasteiger partial charge < -0.3 is 40.3 Å². The van der Waals surface area contributed by atoms with Crippen LogP contribution in [0.1, 0.15) is 168 Å². The summed E-state index contributed by atoms with van der Waals surface area (Å²) in [4.78, 5) is 12.8. The Morgan fingerprint density at radius 1 is 0.702 bits per heavy atom. The number of hydrogen-bond acceptors (Lipinski definition) is 8. The summed E-state index contributed by atoms with van der Waals surface area (Å²) in [7, 11) is 0. The molecule has 0 aromatic heterocycles. The van der Waals surface area contributed by atoms with Gasteiger partial charge in [-0.15, -0.1) is 0 Å². The third-order valence-electron chi connectivity index (χ3n) is 9.36. The van der Waals surface area contributed by atoms with E-state index in [-0.39, 0.29) is 12.5 Å².